The van der Waals surface area contributed by atoms with Crippen molar-refractivity contribution in [3.63, 3.8) is 0 Å². The fourth-order valence-electron chi connectivity index (χ4n) is 1.34. The fourth-order valence-corrected chi connectivity index (χ4v) is 1.34. The zero-order chi connectivity index (χ0) is 14.1. The first-order chi connectivity index (χ1) is 9.19. The zero-order valence-electron chi connectivity index (χ0n) is 10.7. The summed E-state index contributed by atoms with van der Waals surface area (Å²) in [6, 6.07) is 3.36. The second-order valence-corrected chi connectivity index (χ2v) is 3.54. The molecule has 1 heterocycles. The molecule has 100 valence electrons. The molecule has 2 amide bonds. The van der Waals surface area contributed by atoms with Crippen molar-refractivity contribution < 1.29 is 9.59 Å². The van der Waals surface area contributed by atoms with Crippen LogP contribution >= 0.6 is 0 Å². The molecule has 6 nitrogen and oxygen atoms in total. The Morgan fingerprint density at radius 3 is 2.89 bits per heavy atom. The molecule has 0 spiro atoms. The highest BCUT2D eigenvalue weighted by molar-refractivity contribution is 5.96. The average Bonchev–Trinajstić information content (AvgIpc) is 2.43. The van der Waals surface area contributed by atoms with E-state index in [-0.39, 0.29) is 24.7 Å². The summed E-state index contributed by atoms with van der Waals surface area (Å²) in [5, 5.41) is 5.07. The monoisotopic (exact) mass is 260 g/mol. The van der Waals surface area contributed by atoms with Crippen molar-refractivity contribution in [1.82, 2.24) is 15.6 Å². The lowest BCUT2D eigenvalue weighted by Crippen LogP contribution is -2.37. The maximum absolute atomic E-state index is 11.9. The van der Waals surface area contributed by atoms with Gasteiger partial charge < -0.3 is 16.4 Å². The molecule has 0 saturated carbocycles. The molecule has 0 aliphatic carbocycles. The highest BCUT2D eigenvalue weighted by Gasteiger charge is 2.12. The van der Waals surface area contributed by atoms with Gasteiger partial charge in [0.25, 0.3) is 5.91 Å². The molecule has 0 atom stereocenters. The van der Waals surface area contributed by atoms with Gasteiger partial charge in [-0.1, -0.05) is 11.8 Å². The Bertz CT molecular complexity index is 517. The summed E-state index contributed by atoms with van der Waals surface area (Å²) in [6.45, 7) is 2.44. The summed E-state index contributed by atoms with van der Waals surface area (Å²) in [5.74, 6) is 4.75. The second kappa shape index (κ2) is 7.84. The van der Waals surface area contributed by atoms with Gasteiger partial charge in [0, 0.05) is 12.7 Å². The Hall–Kier alpha value is -2.39. The van der Waals surface area contributed by atoms with Crippen molar-refractivity contribution in [3.8, 4) is 11.8 Å². The third kappa shape index (κ3) is 4.77. The van der Waals surface area contributed by atoms with Crippen LogP contribution in [0.4, 0.5) is 0 Å². The lowest BCUT2D eigenvalue weighted by atomic mass is 10.2. The minimum atomic E-state index is -0.437. The van der Waals surface area contributed by atoms with Crippen molar-refractivity contribution in [2.24, 2.45) is 5.73 Å². The van der Waals surface area contributed by atoms with Gasteiger partial charge >= 0.3 is 0 Å². The number of rotatable bonds is 4. The van der Waals surface area contributed by atoms with Gasteiger partial charge in [-0.3, -0.25) is 9.59 Å². The van der Waals surface area contributed by atoms with Crippen LogP contribution in [0.3, 0.4) is 0 Å². The molecular weight excluding hydrogens is 244 g/mol. The molecule has 0 bridgehead atoms. The molecule has 0 aliphatic rings. The second-order valence-electron chi connectivity index (χ2n) is 3.54. The minimum Gasteiger partial charge on any atom is -0.355 e. The molecular formula is C13H16N4O2. The summed E-state index contributed by atoms with van der Waals surface area (Å²) in [4.78, 5) is 27.1. The molecule has 0 unspecified atom stereocenters. The topological polar surface area (TPSA) is 97.1 Å². The lowest BCUT2D eigenvalue weighted by Gasteiger charge is -2.06. The first-order valence-corrected chi connectivity index (χ1v) is 5.87. The number of hydrogen-bond acceptors (Lipinski definition) is 4. The molecule has 0 fully saturated rings. The zero-order valence-corrected chi connectivity index (χ0v) is 10.7. The molecule has 0 aliphatic heterocycles. The number of nitrogens with two attached hydrogens (primary N) is 1. The van der Waals surface area contributed by atoms with Crippen LogP contribution in [0, 0.1) is 11.8 Å². The van der Waals surface area contributed by atoms with Crippen LogP contribution in [0.25, 0.3) is 0 Å². The van der Waals surface area contributed by atoms with E-state index in [4.69, 9.17) is 5.73 Å². The van der Waals surface area contributed by atoms with E-state index < -0.39 is 5.91 Å². The lowest BCUT2D eigenvalue weighted by molar-refractivity contribution is -0.120. The van der Waals surface area contributed by atoms with Gasteiger partial charge in [0.15, 0.2) is 0 Å². The number of hydrogen-bond donors (Lipinski definition) is 3. The molecule has 0 saturated heterocycles. The molecule has 0 radical (unpaired) electrons. The average molecular weight is 260 g/mol. The third-order valence-corrected chi connectivity index (χ3v) is 2.13. The molecule has 1 rings (SSSR count). The highest BCUT2D eigenvalue weighted by Crippen LogP contribution is 2.03. The van der Waals surface area contributed by atoms with E-state index in [2.05, 4.69) is 27.5 Å². The molecule has 19 heavy (non-hydrogen) atoms. The third-order valence-electron chi connectivity index (χ3n) is 2.13. The van der Waals surface area contributed by atoms with Crippen LogP contribution in [-0.4, -0.2) is 36.4 Å². The number of nitrogens with one attached hydrogen (secondary N) is 2. The van der Waals surface area contributed by atoms with E-state index in [1.54, 1.807) is 19.1 Å². The van der Waals surface area contributed by atoms with Crippen molar-refractivity contribution >= 4 is 11.8 Å². The quantitative estimate of drug-likeness (QED) is 0.621. The van der Waals surface area contributed by atoms with Gasteiger partial charge in [-0.2, -0.15) is 0 Å². The van der Waals surface area contributed by atoms with E-state index in [0.29, 0.717) is 12.1 Å². The van der Waals surface area contributed by atoms with E-state index >= 15 is 0 Å². The first kappa shape index (κ1) is 14.7. The Morgan fingerprint density at radius 2 is 2.21 bits per heavy atom. The number of pyridine rings is 1. The number of nitrogens with zero attached hydrogens (tertiary/aromatic N) is 1. The van der Waals surface area contributed by atoms with Crippen molar-refractivity contribution in [2.75, 3.05) is 19.6 Å². The Kier molecular flexibility index (Phi) is 6.06. The largest absolute Gasteiger partial charge is 0.355 e. The maximum Gasteiger partial charge on any atom is 0.271 e. The van der Waals surface area contributed by atoms with Gasteiger partial charge in [-0.15, -0.1) is 0 Å². The van der Waals surface area contributed by atoms with Gasteiger partial charge in [0.05, 0.1) is 18.7 Å². The number of aromatic nitrogens is 1. The molecule has 0 aromatic carbocycles. The fraction of sp³-hybridized carbons (Fsp3) is 0.308. The Balaban J connectivity index is 2.74. The normalized spacial score (nSPS) is 9.16. The number of amides is 2. The van der Waals surface area contributed by atoms with E-state index in [1.807, 2.05) is 0 Å². The van der Waals surface area contributed by atoms with Gasteiger partial charge in [-0.25, -0.2) is 4.98 Å². The first-order valence-electron chi connectivity index (χ1n) is 5.87. The Morgan fingerprint density at radius 1 is 1.42 bits per heavy atom. The molecule has 4 N–H and O–H groups in total. The summed E-state index contributed by atoms with van der Waals surface area (Å²) in [7, 11) is 0. The van der Waals surface area contributed by atoms with Crippen molar-refractivity contribution in [1.29, 1.82) is 0 Å². The van der Waals surface area contributed by atoms with Crippen LogP contribution < -0.4 is 16.4 Å². The van der Waals surface area contributed by atoms with Crippen LogP contribution in [-0.2, 0) is 4.79 Å². The van der Waals surface area contributed by atoms with Crippen LogP contribution in [0.1, 0.15) is 23.0 Å². The van der Waals surface area contributed by atoms with Crippen LogP contribution in [0.2, 0.25) is 0 Å². The van der Waals surface area contributed by atoms with Crippen molar-refractivity contribution in [3.05, 3.63) is 29.6 Å². The number of carbonyl (C=O) groups excluding carboxylic acids is 2. The summed E-state index contributed by atoms with van der Waals surface area (Å²) in [6.07, 6.45) is 1.49. The van der Waals surface area contributed by atoms with Gasteiger partial charge in [-0.05, 0) is 19.1 Å². The van der Waals surface area contributed by atoms with Crippen LogP contribution in [0.15, 0.2) is 18.3 Å². The summed E-state index contributed by atoms with van der Waals surface area (Å²) >= 11 is 0. The maximum atomic E-state index is 11.9. The number of likely N-dealkylation sites (N-methyl/N-ethyl adjacent to an activating group) is 1. The van der Waals surface area contributed by atoms with E-state index in [0.717, 1.165) is 0 Å². The van der Waals surface area contributed by atoms with Gasteiger partial charge in [0.2, 0.25) is 5.91 Å². The van der Waals surface area contributed by atoms with Gasteiger partial charge in [0.1, 0.15) is 5.69 Å². The van der Waals surface area contributed by atoms with Crippen molar-refractivity contribution in [2.45, 2.75) is 6.92 Å². The highest BCUT2D eigenvalue weighted by atomic mass is 16.2. The minimum absolute atomic E-state index is 0.0903. The molecule has 6 heteroatoms. The smallest absolute Gasteiger partial charge is 0.271 e. The van der Waals surface area contributed by atoms with Crippen LogP contribution in [0.5, 0.6) is 0 Å². The summed E-state index contributed by atoms with van der Waals surface area (Å²) in [5.41, 5.74) is 5.96. The predicted octanol–water partition coefficient (Wildman–Crippen LogP) is -0.742. The van der Waals surface area contributed by atoms with E-state index in [1.165, 1.54) is 6.20 Å². The number of carbonyl (C=O) groups is 2. The summed E-state index contributed by atoms with van der Waals surface area (Å²) < 4.78 is 0. The molecule has 1 aromatic heterocycles. The SMILES string of the molecule is CCNC(=O)CNC(=O)c1ncccc1C#CCN. The standard InChI is InChI=1S/C13H16N4O2/c1-2-15-11(18)9-17-13(19)12-10(5-3-7-14)6-4-8-16-12/h4,6,8H,2,7,9,14H2,1H3,(H,15,18)(H,17,19). The van der Waals surface area contributed by atoms with E-state index in [9.17, 15) is 9.59 Å². The molecule has 1 aromatic rings. The Labute approximate surface area is 111 Å². The predicted molar refractivity (Wildman–Crippen MR) is 71.2 cm³/mol.